The van der Waals surface area contributed by atoms with E-state index >= 15 is 0 Å². The summed E-state index contributed by atoms with van der Waals surface area (Å²) < 4.78 is 21.1. The van der Waals surface area contributed by atoms with Gasteiger partial charge in [0.1, 0.15) is 37.4 Å². The van der Waals surface area contributed by atoms with Crippen LogP contribution in [0.2, 0.25) is 0 Å². The highest BCUT2D eigenvalue weighted by molar-refractivity contribution is 5.90. The summed E-state index contributed by atoms with van der Waals surface area (Å²) >= 11 is 0. The van der Waals surface area contributed by atoms with Crippen LogP contribution in [0, 0.1) is 0 Å². The number of aliphatic hydroxyl groups is 3. The number of allylic oxidation sites excluding steroid dienone is 1. The number of ether oxygens (including phenoxy) is 4. The SMILES string of the molecule is C=CCc1ccc(O[C@@H]2O[C@H](COC(=O)CC(=O)O)[C@@H](O)[C@H](O)[C@H]2O)c(OC)c1. The molecule has 0 bridgehead atoms. The van der Waals surface area contributed by atoms with Gasteiger partial charge in [0.05, 0.1) is 7.11 Å². The van der Waals surface area contributed by atoms with Crippen LogP contribution in [0.1, 0.15) is 12.0 Å². The van der Waals surface area contributed by atoms with E-state index in [9.17, 15) is 24.9 Å². The number of carbonyl (C=O) groups is 2. The lowest BCUT2D eigenvalue weighted by Crippen LogP contribution is -2.60. The van der Waals surface area contributed by atoms with E-state index in [0.29, 0.717) is 12.2 Å². The number of carboxylic acid groups (broad SMARTS) is 1. The van der Waals surface area contributed by atoms with Crippen LogP contribution < -0.4 is 9.47 Å². The molecule has 29 heavy (non-hydrogen) atoms. The summed E-state index contributed by atoms with van der Waals surface area (Å²) in [5.74, 6) is -1.84. The van der Waals surface area contributed by atoms with Gasteiger partial charge in [-0.05, 0) is 24.1 Å². The average molecular weight is 412 g/mol. The van der Waals surface area contributed by atoms with Gasteiger partial charge in [0.2, 0.25) is 6.29 Å². The molecule has 0 spiro atoms. The molecule has 160 valence electrons. The van der Waals surface area contributed by atoms with Crippen LogP contribution >= 0.6 is 0 Å². The predicted molar refractivity (Wildman–Crippen MR) is 97.4 cm³/mol. The smallest absolute Gasteiger partial charge is 0.317 e. The number of esters is 1. The molecular weight excluding hydrogens is 388 g/mol. The molecule has 1 aliphatic heterocycles. The highest BCUT2D eigenvalue weighted by Crippen LogP contribution is 2.32. The second-order valence-corrected chi connectivity index (χ2v) is 6.36. The summed E-state index contributed by atoms with van der Waals surface area (Å²) in [6.07, 6.45) is -6.03. The third-order valence-corrected chi connectivity index (χ3v) is 4.22. The molecule has 0 saturated carbocycles. The van der Waals surface area contributed by atoms with E-state index in [4.69, 9.17) is 24.1 Å². The number of carboxylic acids is 1. The number of hydrogen-bond acceptors (Lipinski definition) is 9. The molecule has 10 nitrogen and oxygen atoms in total. The quantitative estimate of drug-likeness (QED) is 0.240. The average Bonchev–Trinajstić information content (AvgIpc) is 2.68. The van der Waals surface area contributed by atoms with Gasteiger partial charge in [-0.3, -0.25) is 9.59 Å². The molecule has 1 aromatic carbocycles. The van der Waals surface area contributed by atoms with Gasteiger partial charge < -0.3 is 39.4 Å². The topological polar surface area (TPSA) is 152 Å². The van der Waals surface area contributed by atoms with E-state index in [1.54, 1.807) is 24.3 Å². The Morgan fingerprint density at radius 2 is 1.90 bits per heavy atom. The Morgan fingerprint density at radius 1 is 1.17 bits per heavy atom. The Bertz CT molecular complexity index is 734. The van der Waals surface area contributed by atoms with Crippen molar-refractivity contribution in [1.82, 2.24) is 0 Å². The third-order valence-electron chi connectivity index (χ3n) is 4.22. The first-order valence-electron chi connectivity index (χ1n) is 8.78. The summed E-state index contributed by atoms with van der Waals surface area (Å²) in [4.78, 5) is 21.9. The maximum atomic E-state index is 11.4. The molecule has 1 saturated heterocycles. The maximum Gasteiger partial charge on any atom is 0.317 e. The molecule has 4 N–H and O–H groups in total. The van der Waals surface area contributed by atoms with Gasteiger partial charge in [-0.2, -0.15) is 0 Å². The van der Waals surface area contributed by atoms with Gasteiger partial charge in [-0.1, -0.05) is 12.1 Å². The molecule has 1 fully saturated rings. The summed E-state index contributed by atoms with van der Waals surface area (Å²) in [6, 6.07) is 5.06. The number of benzene rings is 1. The molecule has 0 radical (unpaired) electrons. The Morgan fingerprint density at radius 3 is 2.52 bits per heavy atom. The van der Waals surface area contributed by atoms with Crippen LogP contribution in [0.5, 0.6) is 11.5 Å². The highest BCUT2D eigenvalue weighted by atomic mass is 16.7. The lowest BCUT2D eigenvalue weighted by Gasteiger charge is -2.40. The van der Waals surface area contributed by atoms with Crippen molar-refractivity contribution in [3.63, 3.8) is 0 Å². The van der Waals surface area contributed by atoms with E-state index in [1.165, 1.54) is 7.11 Å². The lowest BCUT2D eigenvalue weighted by molar-refractivity contribution is -0.278. The molecule has 0 aromatic heterocycles. The summed E-state index contributed by atoms with van der Waals surface area (Å²) in [7, 11) is 1.43. The number of hydrogen-bond donors (Lipinski definition) is 4. The molecule has 5 atom stereocenters. The van der Waals surface area contributed by atoms with Crippen LogP contribution in [0.15, 0.2) is 30.9 Å². The van der Waals surface area contributed by atoms with Crippen molar-refractivity contribution in [3.8, 4) is 11.5 Å². The van der Waals surface area contributed by atoms with Crippen molar-refractivity contribution < 1.29 is 49.0 Å². The van der Waals surface area contributed by atoms with Gasteiger partial charge >= 0.3 is 11.9 Å². The van der Waals surface area contributed by atoms with Crippen LogP contribution in [0.4, 0.5) is 0 Å². The summed E-state index contributed by atoms with van der Waals surface area (Å²) in [5, 5.41) is 38.9. The van der Waals surface area contributed by atoms with Crippen molar-refractivity contribution in [2.75, 3.05) is 13.7 Å². The van der Waals surface area contributed by atoms with Gasteiger partial charge in [0.15, 0.2) is 11.5 Å². The maximum absolute atomic E-state index is 11.4. The molecule has 0 aliphatic carbocycles. The molecule has 0 unspecified atom stereocenters. The number of aliphatic carboxylic acids is 1. The molecule has 1 heterocycles. The van der Waals surface area contributed by atoms with Crippen LogP contribution in [-0.4, -0.2) is 76.8 Å². The molecular formula is C19H24O10. The Labute approximate surface area is 166 Å². The summed E-state index contributed by atoms with van der Waals surface area (Å²) in [5.41, 5.74) is 0.910. The second kappa shape index (κ2) is 10.2. The molecule has 2 rings (SSSR count). The fraction of sp³-hybridized carbons (Fsp3) is 0.474. The minimum Gasteiger partial charge on any atom is -0.493 e. The number of rotatable bonds is 9. The fourth-order valence-electron chi connectivity index (χ4n) is 2.73. The van der Waals surface area contributed by atoms with E-state index in [1.807, 2.05) is 0 Å². The first kappa shape index (κ1) is 22.6. The van der Waals surface area contributed by atoms with E-state index in [0.717, 1.165) is 5.56 Å². The van der Waals surface area contributed by atoms with Crippen molar-refractivity contribution in [2.24, 2.45) is 0 Å². The minimum atomic E-state index is -1.65. The zero-order valence-electron chi connectivity index (χ0n) is 15.8. The first-order valence-corrected chi connectivity index (χ1v) is 8.78. The van der Waals surface area contributed by atoms with E-state index < -0.39 is 55.7 Å². The normalized spacial score (nSPS) is 26.4. The standard InChI is InChI=1S/C19H24O10/c1-3-4-10-5-6-11(12(7-10)26-2)28-19-18(25)17(24)16(23)13(29-19)9-27-15(22)8-14(20)21/h3,5-7,13,16-19,23-25H,1,4,8-9H2,2H3,(H,20,21)/t13-,16-,17+,18-,19-/m1/s1. The van der Waals surface area contributed by atoms with Crippen LogP contribution in [0.3, 0.4) is 0 Å². The van der Waals surface area contributed by atoms with Gasteiger partial charge in [0, 0.05) is 0 Å². The highest BCUT2D eigenvalue weighted by Gasteiger charge is 2.45. The number of aliphatic hydroxyl groups excluding tert-OH is 3. The Kier molecular flexibility index (Phi) is 7.97. The van der Waals surface area contributed by atoms with Crippen molar-refractivity contribution in [1.29, 1.82) is 0 Å². The van der Waals surface area contributed by atoms with Gasteiger partial charge in [0.25, 0.3) is 0 Å². The molecule has 10 heteroatoms. The van der Waals surface area contributed by atoms with Crippen molar-refractivity contribution in [2.45, 2.75) is 43.5 Å². The second-order valence-electron chi connectivity index (χ2n) is 6.36. The van der Waals surface area contributed by atoms with Crippen molar-refractivity contribution in [3.05, 3.63) is 36.4 Å². The monoisotopic (exact) mass is 412 g/mol. The predicted octanol–water partition coefficient (Wildman–Crippen LogP) is -0.372. The lowest BCUT2D eigenvalue weighted by atomic mass is 9.99. The van der Waals surface area contributed by atoms with E-state index in [2.05, 4.69) is 6.58 Å². The molecule has 0 amide bonds. The molecule has 1 aromatic rings. The van der Waals surface area contributed by atoms with Crippen LogP contribution in [0.25, 0.3) is 0 Å². The number of methoxy groups -OCH3 is 1. The first-order chi connectivity index (χ1) is 13.8. The number of carbonyl (C=O) groups excluding carboxylic acids is 1. The van der Waals surface area contributed by atoms with E-state index in [-0.39, 0.29) is 5.75 Å². The Balaban J connectivity index is 2.10. The van der Waals surface area contributed by atoms with Crippen LogP contribution in [-0.2, 0) is 25.5 Å². The Hall–Kier alpha value is -2.66. The fourth-order valence-corrected chi connectivity index (χ4v) is 2.73. The largest absolute Gasteiger partial charge is 0.493 e. The third kappa shape index (κ3) is 5.91. The zero-order valence-corrected chi connectivity index (χ0v) is 15.8. The van der Waals surface area contributed by atoms with Gasteiger partial charge in [-0.15, -0.1) is 6.58 Å². The minimum absolute atomic E-state index is 0.217. The molecule has 1 aliphatic rings. The van der Waals surface area contributed by atoms with Gasteiger partial charge in [-0.25, -0.2) is 0 Å². The summed E-state index contributed by atoms with van der Waals surface area (Å²) in [6.45, 7) is 3.13. The zero-order chi connectivity index (χ0) is 21.6. The van der Waals surface area contributed by atoms with Crippen molar-refractivity contribution >= 4 is 11.9 Å².